The zero-order chi connectivity index (χ0) is 70.1. The number of benzene rings is 6. The molecule has 3 N–H and O–H groups in total. The van der Waals surface area contributed by atoms with E-state index in [4.69, 9.17) is 21.9 Å². The summed E-state index contributed by atoms with van der Waals surface area (Å²) in [7, 11) is -7.65. The molecule has 12 aromatic rings. The number of nitrogens with zero attached hydrogens (tertiary/aromatic N) is 6. The van der Waals surface area contributed by atoms with E-state index in [0.717, 1.165) is 33.6 Å². The van der Waals surface area contributed by atoms with Gasteiger partial charge in [0.1, 0.15) is 34.3 Å². The Morgan fingerprint density at radius 3 is 1.26 bits per heavy atom. The predicted molar refractivity (Wildman–Crippen MR) is 365 cm³/mol. The summed E-state index contributed by atoms with van der Waals surface area (Å²) in [6, 6.07) is 38.3. The van der Waals surface area contributed by atoms with Crippen LogP contribution in [0.1, 0.15) is 34.6 Å². The fraction of sp³-hybridized carbons (Fsp3) is 0.182. The number of anilines is 2. The number of carbonyl (C=O) groups is 2. The van der Waals surface area contributed by atoms with Crippen molar-refractivity contribution in [2.24, 2.45) is 0 Å². The third-order valence-electron chi connectivity index (χ3n) is 14.4. The number of carbonyl (C=O) groups excluding carboxylic acids is 2. The number of fused-ring (bicyclic) bond motifs is 4. The van der Waals surface area contributed by atoms with Crippen molar-refractivity contribution in [1.29, 1.82) is 0 Å². The molecule has 6 aromatic heterocycles. The van der Waals surface area contributed by atoms with Crippen LogP contribution in [0.2, 0.25) is 0 Å². The van der Waals surface area contributed by atoms with E-state index in [1.165, 1.54) is 88.6 Å². The molecule has 24 nitrogen and oxygen atoms in total. The number of nitrogens with one attached hydrogen (secondary N) is 2. The zero-order valence-corrected chi connectivity index (χ0v) is 56.6. The van der Waals surface area contributed by atoms with E-state index >= 15 is 0 Å². The number of pyridine rings is 2. The predicted octanol–water partition coefficient (Wildman–Crippen LogP) is 11.4. The van der Waals surface area contributed by atoms with Crippen LogP contribution >= 0.6 is 10.7 Å². The van der Waals surface area contributed by atoms with Crippen molar-refractivity contribution in [1.82, 2.24) is 30.6 Å². The third kappa shape index (κ3) is 16.3. The molecule has 12 rings (SSSR count). The number of hydrogen-bond donors (Lipinski definition) is 3. The van der Waals surface area contributed by atoms with Crippen molar-refractivity contribution in [3.8, 4) is 67.8 Å². The molecule has 2 atom stereocenters. The van der Waals surface area contributed by atoms with Gasteiger partial charge in [-0.25, -0.2) is 44.0 Å². The Kier molecular flexibility index (Phi) is 20.2. The van der Waals surface area contributed by atoms with E-state index in [2.05, 4.69) is 41.3 Å². The Hall–Kier alpha value is -9.95. The Bertz CT molecular complexity index is 5400. The van der Waals surface area contributed by atoms with Gasteiger partial charge in [-0.15, -0.1) is 0 Å². The molecular weight excluding hydrogens is 1360 g/mol. The lowest BCUT2D eigenvalue weighted by Crippen LogP contribution is -2.38. The number of furan rings is 2. The van der Waals surface area contributed by atoms with Gasteiger partial charge in [0, 0.05) is 93.5 Å². The van der Waals surface area contributed by atoms with Crippen molar-refractivity contribution in [2.75, 3.05) is 60.8 Å². The lowest BCUT2D eigenvalue weighted by atomic mass is 9.97. The number of aromatic nitrogens is 4. The molecule has 2 unspecified atom stereocenters. The largest absolute Gasteiger partial charge is 0.455 e. The normalized spacial score (nSPS) is 12.6. The van der Waals surface area contributed by atoms with Gasteiger partial charge < -0.3 is 33.4 Å². The Morgan fingerprint density at radius 1 is 0.526 bits per heavy atom. The van der Waals surface area contributed by atoms with Crippen LogP contribution in [0.4, 0.5) is 20.2 Å². The van der Waals surface area contributed by atoms with E-state index in [1.54, 1.807) is 97.3 Å². The molecule has 0 saturated heterocycles. The van der Waals surface area contributed by atoms with Crippen LogP contribution in [0.5, 0.6) is 0 Å². The highest BCUT2D eigenvalue weighted by Crippen LogP contribution is 2.45. The summed E-state index contributed by atoms with van der Waals surface area (Å²) >= 11 is 0. The summed E-state index contributed by atoms with van der Waals surface area (Å²) in [4.78, 5) is 44.0. The van der Waals surface area contributed by atoms with Gasteiger partial charge in [0.25, 0.3) is 21.9 Å². The van der Waals surface area contributed by atoms with Crippen LogP contribution in [-0.2, 0) is 43.4 Å². The second-order valence-electron chi connectivity index (χ2n) is 22.1. The number of sulfonamides is 2. The van der Waals surface area contributed by atoms with E-state index in [-0.39, 0.29) is 64.2 Å². The molecular formula is C66H59ClF2N8O16S4. The van der Waals surface area contributed by atoms with E-state index in [1.807, 2.05) is 0 Å². The molecule has 0 radical (unpaired) electrons. The first-order chi connectivity index (χ1) is 45.7. The zero-order valence-electron chi connectivity index (χ0n) is 52.6. The van der Waals surface area contributed by atoms with Gasteiger partial charge in [0.05, 0.1) is 72.8 Å². The molecule has 0 fully saturated rings. The second kappa shape index (κ2) is 28.0. The van der Waals surface area contributed by atoms with Gasteiger partial charge in [-0.2, -0.15) is 18.4 Å². The molecule has 6 aromatic carbocycles. The van der Waals surface area contributed by atoms with Crippen molar-refractivity contribution in [3.63, 3.8) is 0 Å². The maximum atomic E-state index is 13.8. The number of halogens is 3. The number of hydrogen-bond acceptors (Lipinski definition) is 20. The van der Waals surface area contributed by atoms with E-state index in [9.17, 15) is 57.1 Å². The van der Waals surface area contributed by atoms with Gasteiger partial charge in [-0.1, -0.05) is 24.3 Å². The molecule has 0 aliphatic rings. The molecule has 0 aliphatic carbocycles. The summed E-state index contributed by atoms with van der Waals surface area (Å²) < 4.78 is 155. The molecule has 2 amide bonds. The molecule has 0 aliphatic heterocycles. The van der Waals surface area contributed by atoms with Crippen LogP contribution in [-0.4, -0.2) is 135 Å². The number of aliphatic hydroxyl groups excluding tert-OH is 1. The van der Waals surface area contributed by atoms with Crippen LogP contribution in [0.15, 0.2) is 176 Å². The third-order valence-corrected chi connectivity index (χ3v) is 17.4. The average molecular weight is 1420 g/mol. The molecule has 97 heavy (non-hydrogen) atoms. The second-order valence-corrected chi connectivity index (χ2v) is 30.6. The minimum Gasteiger partial charge on any atom is -0.455 e. The van der Waals surface area contributed by atoms with Gasteiger partial charge in [0.2, 0.25) is 40.9 Å². The summed E-state index contributed by atoms with van der Waals surface area (Å²) in [5.74, 6) is -0.946. The molecule has 0 saturated carbocycles. The summed E-state index contributed by atoms with van der Waals surface area (Å²) in [5, 5.41) is 16.3. The monoisotopic (exact) mass is 1420 g/mol. The maximum Gasteiger partial charge on any atom is 0.264 e. The number of amides is 2. The highest BCUT2D eigenvalue weighted by molar-refractivity contribution is 8.13. The summed E-state index contributed by atoms with van der Waals surface area (Å²) in [5.41, 5.74) is 6.83. The van der Waals surface area contributed by atoms with Crippen LogP contribution in [0, 0.1) is 11.6 Å². The number of oxazole rings is 2. The summed E-state index contributed by atoms with van der Waals surface area (Å²) in [6.07, 6.45) is 4.96. The first-order valence-corrected chi connectivity index (χ1v) is 37.2. The first kappa shape index (κ1) is 69.9. The number of rotatable bonds is 18. The lowest BCUT2D eigenvalue weighted by molar-refractivity contribution is 0.0956. The van der Waals surface area contributed by atoms with Crippen molar-refractivity contribution < 1.29 is 79.0 Å². The molecule has 0 bridgehead atoms. The van der Waals surface area contributed by atoms with Gasteiger partial charge in [-0.05, 0) is 134 Å². The topological polar surface area (TPSA) is 335 Å². The smallest absolute Gasteiger partial charge is 0.264 e. The fourth-order valence-electron chi connectivity index (χ4n) is 10.5. The first-order valence-electron chi connectivity index (χ1n) is 29.0. The van der Waals surface area contributed by atoms with Gasteiger partial charge in [0.15, 0.2) is 22.5 Å². The fourth-order valence-corrected chi connectivity index (χ4v) is 13.1. The Labute approximate surface area is 559 Å². The minimum absolute atomic E-state index is 0.119. The quantitative estimate of drug-likeness (QED) is 0.0531. The molecule has 6 heterocycles. The highest BCUT2D eigenvalue weighted by atomic mass is 35.7. The Morgan fingerprint density at radius 2 is 0.907 bits per heavy atom. The average Bonchev–Trinajstić information content (AvgIpc) is 1.69. The number of aliphatic hydroxyl groups is 1. The lowest BCUT2D eigenvalue weighted by Gasteiger charge is -2.27. The van der Waals surface area contributed by atoms with Crippen molar-refractivity contribution in [2.45, 2.75) is 26.1 Å². The van der Waals surface area contributed by atoms with E-state index < -0.39 is 74.9 Å². The molecule has 504 valence electrons. The minimum atomic E-state index is -4.07. The highest BCUT2D eigenvalue weighted by Gasteiger charge is 2.32. The Balaban J connectivity index is 0.000000198. The van der Waals surface area contributed by atoms with Gasteiger partial charge in [-0.3, -0.25) is 22.4 Å². The maximum absolute atomic E-state index is 13.8. The molecule has 31 heteroatoms. The van der Waals surface area contributed by atoms with Crippen LogP contribution in [0.3, 0.4) is 0 Å². The summed E-state index contributed by atoms with van der Waals surface area (Å²) in [6.45, 7) is 2.31. The van der Waals surface area contributed by atoms with Crippen molar-refractivity contribution in [3.05, 3.63) is 181 Å². The van der Waals surface area contributed by atoms with Crippen LogP contribution in [0.25, 0.3) is 112 Å². The van der Waals surface area contributed by atoms with Crippen molar-refractivity contribution >= 4 is 117 Å². The van der Waals surface area contributed by atoms with Crippen LogP contribution < -0.4 is 19.2 Å². The SMILES string of the molecule is CNC(=O)c1c(-c2ccc(F)cc2)oc2cc(N(CC(C)O)S(C)(=O)=O)c(-c3cccc(-c4nc5ncccc5o4)c3)cc12.CNC(=O)c1c(-c2ccc(F)cc2)oc2cc(N(CC(C)OS(C)(=O)=O)S(C)(=O)=O)c(-c3cccc(-c4nc5ncccc5o4)c3)cc12.CS(=O)(=O)Cl. The standard InChI is InChI=1S/C33H29FN4O8S2.C32H27FN4O6S.CH3ClO2S/c1-19(46-48(4,42)43)18-38(47(3,40)41)26-17-28-25(29(32(39)35-2)30(44-28)20-10-12-23(34)13-11-20)16-24(26)21-7-5-8-22(15-21)33-37-31-27(45-33)9-6-14-36-31;1-18(38)17-37(44(3,40)41)25-16-27-24(28(31(39)34-2)29(42-27)19-9-11-22(33)12-10-19)15-23(25)20-6-4-7-21(14-20)32-36-30-26(43-32)8-5-13-35-30;1-5(2,3)4/h5-17,19H,18H2,1-4H3,(H,35,39);4-16,18,38H,17H2,1-3H3,(H,34,39);1H3. The van der Waals surface area contributed by atoms with Gasteiger partial charge >= 0.3 is 0 Å². The molecule has 0 spiro atoms. The van der Waals surface area contributed by atoms with E-state index in [0.29, 0.717) is 83.6 Å².